The minimum Gasteiger partial charge on any atom is -0.481 e. The summed E-state index contributed by atoms with van der Waals surface area (Å²) in [6, 6.07) is 0.617. The molecule has 4 atom stereocenters. The molecule has 4 unspecified atom stereocenters. The van der Waals surface area contributed by atoms with E-state index in [4.69, 9.17) is 15.9 Å². The van der Waals surface area contributed by atoms with Gasteiger partial charge in [0, 0.05) is 23.5 Å². The van der Waals surface area contributed by atoms with Gasteiger partial charge in [0.2, 0.25) is 17.7 Å². The number of carboxylic acid groups (broad SMARTS) is 4. The monoisotopic (exact) mass is 563 g/mol. The van der Waals surface area contributed by atoms with Crippen molar-refractivity contribution in [3.05, 3.63) is 36.0 Å². The molecular formula is C24H29N5O11. The maximum Gasteiger partial charge on any atom is 0.326 e. The van der Waals surface area contributed by atoms with Crippen LogP contribution in [0.15, 0.2) is 30.5 Å². The summed E-state index contributed by atoms with van der Waals surface area (Å²) in [6.07, 6.45) is -1.47. The molecule has 0 bridgehead atoms. The quantitative estimate of drug-likeness (QED) is 0.112. The Morgan fingerprint density at radius 3 is 1.80 bits per heavy atom. The van der Waals surface area contributed by atoms with Gasteiger partial charge in [-0.25, -0.2) is 4.79 Å². The van der Waals surface area contributed by atoms with Crippen molar-refractivity contribution in [2.45, 2.75) is 56.3 Å². The number of nitrogens with two attached hydrogens (primary N) is 1. The highest BCUT2D eigenvalue weighted by Crippen LogP contribution is 2.18. The van der Waals surface area contributed by atoms with Crippen LogP contribution in [0, 0.1) is 0 Å². The van der Waals surface area contributed by atoms with E-state index in [0.717, 1.165) is 10.9 Å². The molecule has 0 saturated carbocycles. The van der Waals surface area contributed by atoms with Crippen molar-refractivity contribution < 1.29 is 54.0 Å². The Hall–Kier alpha value is -4.99. The molecular weight excluding hydrogens is 534 g/mol. The Morgan fingerprint density at radius 2 is 1.27 bits per heavy atom. The molecule has 0 radical (unpaired) electrons. The predicted molar refractivity (Wildman–Crippen MR) is 135 cm³/mol. The van der Waals surface area contributed by atoms with E-state index >= 15 is 0 Å². The predicted octanol–water partition coefficient (Wildman–Crippen LogP) is -1.61. The first-order valence-corrected chi connectivity index (χ1v) is 11.9. The maximum atomic E-state index is 12.9. The highest BCUT2D eigenvalue weighted by Gasteiger charge is 2.32. The Bertz CT molecular complexity index is 1290. The highest BCUT2D eigenvalue weighted by molar-refractivity contribution is 5.97. The van der Waals surface area contributed by atoms with Gasteiger partial charge in [-0.05, 0) is 24.5 Å². The lowest BCUT2D eigenvalue weighted by atomic mass is 10.0. The van der Waals surface area contributed by atoms with Gasteiger partial charge in [0.25, 0.3) is 0 Å². The standard InChI is InChI=1S/C24H29N5O11/c25-13(7-11-10-26-14-4-2-1-3-12(11)14)21(36)28-16(8-19(32)33)23(38)29-17(9-20(34)35)22(37)27-15(24(39)40)5-6-18(30)31/h1-4,10,13,15-17,26H,5-9,25H2,(H,27,37)(H,28,36)(H,29,38)(H,30,31)(H,32,33)(H,34,35)(H,39,40). The SMILES string of the molecule is NC(Cc1c[nH]c2ccccc12)C(=O)NC(CC(=O)O)C(=O)NC(CC(=O)O)C(=O)NC(CCC(=O)O)C(=O)O. The van der Waals surface area contributed by atoms with Gasteiger partial charge < -0.3 is 47.1 Å². The van der Waals surface area contributed by atoms with Crippen LogP contribution in [0.2, 0.25) is 0 Å². The number of rotatable bonds is 16. The van der Waals surface area contributed by atoms with Crippen LogP contribution in [0.4, 0.5) is 0 Å². The Kier molecular flexibility index (Phi) is 11.1. The van der Waals surface area contributed by atoms with Gasteiger partial charge in [-0.2, -0.15) is 0 Å². The molecule has 16 nitrogen and oxygen atoms in total. The third-order valence-corrected chi connectivity index (χ3v) is 5.74. The van der Waals surface area contributed by atoms with E-state index in [9.17, 15) is 43.8 Å². The largest absolute Gasteiger partial charge is 0.481 e. The molecule has 0 aliphatic rings. The molecule has 1 aromatic carbocycles. The fourth-order valence-electron chi connectivity index (χ4n) is 3.75. The van der Waals surface area contributed by atoms with Crippen LogP contribution in [-0.4, -0.2) is 91.2 Å². The summed E-state index contributed by atoms with van der Waals surface area (Å²) < 4.78 is 0. The van der Waals surface area contributed by atoms with E-state index in [0.29, 0.717) is 5.56 Å². The second-order valence-corrected chi connectivity index (χ2v) is 8.82. The molecule has 0 aliphatic heterocycles. The van der Waals surface area contributed by atoms with Crippen molar-refractivity contribution in [3.63, 3.8) is 0 Å². The molecule has 10 N–H and O–H groups in total. The lowest BCUT2D eigenvalue weighted by Gasteiger charge is -2.24. The zero-order chi connectivity index (χ0) is 30.0. The third-order valence-electron chi connectivity index (χ3n) is 5.74. The number of carbonyl (C=O) groups excluding carboxylic acids is 3. The lowest BCUT2D eigenvalue weighted by Crippen LogP contribution is -2.58. The summed E-state index contributed by atoms with van der Waals surface area (Å²) >= 11 is 0. The van der Waals surface area contributed by atoms with Crippen LogP contribution in [0.5, 0.6) is 0 Å². The van der Waals surface area contributed by atoms with Gasteiger partial charge in [-0.15, -0.1) is 0 Å². The number of aromatic amines is 1. The van der Waals surface area contributed by atoms with Crippen LogP contribution in [0.25, 0.3) is 10.9 Å². The summed E-state index contributed by atoms with van der Waals surface area (Å²) in [7, 11) is 0. The molecule has 216 valence electrons. The third kappa shape index (κ3) is 9.39. The number of aliphatic carboxylic acids is 4. The van der Waals surface area contributed by atoms with Crippen molar-refractivity contribution in [1.82, 2.24) is 20.9 Å². The summed E-state index contributed by atoms with van der Waals surface area (Å²) in [5.74, 6) is -9.44. The smallest absolute Gasteiger partial charge is 0.326 e. The zero-order valence-electron chi connectivity index (χ0n) is 21.0. The molecule has 3 amide bonds. The number of H-pyrrole nitrogens is 1. The van der Waals surface area contributed by atoms with E-state index < -0.39 is 91.4 Å². The highest BCUT2D eigenvalue weighted by atomic mass is 16.4. The fourth-order valence-corrected chi connectivity index (χ4v) is 3.75. The minimum atomic E-state index is -1.88. The Balaban J connectivity index is 2.14. The number of carboxylic acids is 4. The number of nitrogens with one attached hydrogen (secondary N) is 4. The molecule has 0 aliphatic carbocycles. The van der Waals surface area contributed by atoms with Crippen LogP contribution >= 0.6 is 0 Å². The average Bonchev–Trinajstić information content (AvgIpc) is 3.27. The number of aromatic nitrogens is 1. The van der Waals surface area contributed by atoms with Crippen LogP contribution < -0.4 is 21.7 Å². The first-order chi connectivity index (χ1) is 18.8. The summed E-state index contributed by atoms with van der Waals surface area (Å²) in [5.41, 5.74) is 7.46. The molecule has 16 heteroatoms. The molecule has 0 saturated heterocycles. The van der Waals surface area contributed by atoms with Crippen molar-refractivity contribution in [1.29, 1.82) is 0 Å². The van der Waals surface area contributed by atoms with Crippen molar-refractivity contribution in [3.8, 4) is 0 Å². The summed E-state index contributed by atoms with van der Waals surface area (Å²) in [4.78, 5) is 86.0. The van der Waals surface area contributed by atoms with Gasteiger partial charge in [0.1, 0.15) is 18.1 Å². The number of hydrogen-bond donors (Lipinski definition) is 9. The Labute approximate surface area is 225 Å². The maximum absolute atomic E-state index is 12.9. The van der Waals surface area contributed by atoms with Crippen LogP contribution in [0.3, 0.4) is 0 Å². The topological polar surface area (TPSA) is 278 Å². The number of para-hydroxylation sites is 1. The van der Waals surface area contributed by atoms with Crippen LogP contribution in [-0.2, 0) is 40.0 Å². The lowest BCUT2D eigenvalue weighted by molar-refractivity contribution is -0.145. The number of hydrogen-bond acceptors (Lipinski definition) is 8. The molecule has 1 heterocycles. The van der Waals surface area contributed by atoms with Gasteiger partial charge in [-0.1, -0.05) is 18.2 Å². The van der Waals surface area contributed by atoms with Crippen molar-refractivity contribution in [2.75, 3.05) is 0 Å². The zero-order valence-corrected chi connectivity index (χ0v) is 21.0. The number of carbonyl (C=O) groups is 7. The van der Waals surface area contributed by atoms with Gasteiger partial charge in [-0.3, -0.25) is 28.8 Å². The van der Waals surface area contributed by atoms with E-state index in [1.54, 1.807) is 24.4 Å². The molecule has 1 aromatic heterocycles. The average molecular weight is 564 g/mol. The van der Waals surface area contributed by atoms with Gasteiger partial charge in [0.05, 0.1) is 18.9 Å². The second-order valence-electron chi connectivity index (χ2n) is 8.82. The van der Waals surface area contributed by atoms with E-state index in [1.807, 2.05) is 16.7 Å². The minimum absolute atomic E-state index is 0.0220. The van der Waals surface area contributed by atoms with Gasteiger partial charge >= 0.3 is 23.9 Å². The molecule has 40 heavy (non-hydrogen) atoms. The number of amides is 3. The fraction of sp³-hybridized carbons (Fsp3) is 0.375. The van der Waals surface area contributed by atoms with Crippen molar-refractivity contribution in [2.24, 2.45) is 5.73 Å². The number of fused-ring (bicyclic) bond motifs is 1. The molecule has 0 fully saturated rings. The van der Waals surface area contributed by atoms with E-state index in [2.05, 4.69) is 10.3 Å². The molecule has 0 spiro atoms. The van der Waals surface area contributed by atoms with E-state index in [-0.39, 0.29) is 6.42 Å². The first kappa shape index (κ1) is 31.2. The second kappa shape index (κ2) is 14.2. The molecule has 2 aromatic rings. The normalized spacial score (nSPS) is 13.8. The first-order valence-electron chi connectivity index (χ1n) is 11.9. The summed E-state index contributed by atoms with van der Waals surface area (Å²) in [6.45, 7) is 0. The number of benzene rings is 1. The Morgan fingerprint density at radius 1 is 0.750 bits per heavy atom. The molecule has 2 rings (SSSR count). The van der Waals surface area contributed by atoms with Crippen LogP contribution in [0.1, 0.15) is 31.2 Å². The van der Waals surface area contributed by atoms with Gasteiger partial charge in [0.15, 0.2) is 0 Å². The summed E-state index contributed by atoms with van der Waals surface area (Å²) in [5, 5.41) is 43.3. The van der Waals surface area contributed by atoms with E-state index in [1.165, 1.54) is 0 Å². The van der Waals surface area contributed by atoms with Crippen molar-refractivity contribution >= 4 is 52.5 Å².